The molecule has 3 heteroatoms. The summed E-state index contributed by atoms with van der Waals surface area (Å²) >= 11 is 3.52. The Kier molecular flexibility index (Phi) is 2.61. The number of carbonyl (C=O) groups is 1. The predicted octanol–water partition coefficient (Wildman–Crippen LogP) is 3.58. The molecule has 0 bridgehead atoms. The van der Waals surface area contributed by atoms with Crippen molar-refractivity contribution in [3.8, 4) is 0 Å². The number of benzene rings is 1. The fourth-order valence-electron chi connectivity index (χ4n) is 2.56. The fraction of sp³-hybridized carbons (Fsp3) is 0.462. The van der Waals surface area contributed by atoms with E-state index in [0.717, 1.165) is 10.0 Å². The topological polar surface area (TPSA) is 37.3 Å². The van der Waals surface area contributed by atoms with Crippen LogP contribution in [0.15, 0.2) is 22.7 Å². The fourth-order valence-corrected chi connectivity index (χ4v) is 3.30. The smallest absolute Gasteiger partial charge is 0.307 e. The van der Waals surface area contributed by atoms with E-state index >= 15 is 0 Å². The van der Waals surface area contributed by atoms with Gasteiger partial charge in [-0.25, -0.2) is 0 Å². The first-order chi connectivity index (χ1) is 7.35. The molecule has 0 spiro atoms. The van der Waals surface area contributed by atoms with Crippen LogP contribution in [-0.4, -0.2) is 11.1 Å². The second-order valence-electron chi connectivity index (χ2n) is 5.14. The molecule has 1 aromatic carbocycles. The maximum atomic E-state index is 11.1. The van der Waals surface area contributed by atoms with Crippen molar-refractivity contribution in [1.29, 1.82) is 0 Å². The van der Waals surface area contributed by atoms with Gasteiger partial charge in [0.15, 0.2) is 0 Å². The molecular weight excluding hydrogens is 268 g/mol. The summed E-state index contributed by atoms with van der Waals surface area (Å²) in [5, 5.41) is 9.15. The van der Waals surface area contributed by atoms with Gasteiger partial charge in [0.1, 0.15) is 0 Å². The van der Waals surface area contributed by atoms with Gasteiger partial charge < -0.3 is 5.11 Å². The number of carboxylic acid groups (broad SMARTS) is 1. The third-order valence-corrected chi connectivity index (χ3v) is 4.27. The molecule has 1 aliphatic carbocycles. The Morgan fingerprint density at radius 1 is 1.44 bits per heavy atom. The molecule has 1 saturated carbocycles. The largest absolute Gasteiger partial charge is 0.481 e. The number of hydrogen-bond donors (Lipinski definition) is 1. The van der Waals surface area contributed by atoms with E-state index in [1.807, 2.05) is 39.0 Å². The molecule has 2 unspecified atom stereocenters. The Morgan fingerprint density at radius 3 is 2.50 bits per heavy atom. The molecule has 0 heterocycles. The van der Waals surface area contributed by atoms with Crippen molar-refractivity contribution in [2.45, 2.75) is 26.7 Å². The lowest BCUT2D eigenvalue weighted by molar-refractivity contribution is -0.139. The molecular formula is C13H15BrO2. The van der Waals surface area contributed by atoms with Gasteiger partial charge in [-0.3, -0.25) is 4.79 Å². The molecule has 86 valence electrons. The van der Waals surface area contributed by atoms with Crippen molar-refractivity contribution in [3.05, 3.63) is 33.8 Å². The monoisotopic (exact) mass is 282 g/mol. The van der Waals surface area contributed by atoms with Gasteiger partial charge in [-0.2, -0.15) is 0 Å². The third-order valence-electron chi connectivity index (χ3n) is 3.58. The van der Waals surface area contributed by atoms with Gasteiger partial charge in [0.25, 0.3) is 0 Å². The number of aliphatic carboxylic acids is 1. The molecule has 2 rings (SSSR count). The summed E-state index contributed by atoms with van der Waals surface area (Å²) in [6, 6.07) is 6.12. The second kappa shape index (κ2) is 3.59. The van der Waals surface area contributed by atoms with Gasteiger partial charge in [0, 0.05) is 10.4 Å². The maximum Gasteiger partial charge on any atom is 0.307 e. The van der Waals surface area contributed by atoms with Crippen LogP contribution in [-0.2, 0) is 4.79 Å². The van der Waals surface area contributed by atoms with Crippen molar-refractivity contribution >= 4 is 21.9 Å². The number of aryl methyl sites for hydroxylation is 1. The first-order valence-electron chi connectivity index (χ1n) is 5.34. The summed E-state index contributed by atoms with van der Waals surface area (Å²) in [4.78, 5) is 11.1. The minimum Gasteiger partial charge on any atom is -0.481 e. The van der Waals surface area contributed by atoms with Gasteiger partial charge in [-0.1, -0.05) is 41.9 Å². The second-order valence-corrected chi connectivity index (χ2v) is 5.99. The van der Waals surface area contributed by atoms with Gasteiger partial charge in [-0.15, -0.1) is 0 Å². The average molecular weight is 283 g/mol. The van der Waals surface area contributed by atoms with Crippen LogP contribution in [0.2, 0.25) is 0 Å². The highest BCUT2D eigenvalue weighted by Crippen LogP contribution is 2.65. The standard InChI is InChI=1S/C13H15BrO2/c1-7-4-5-8(9(14)6-7)10-11(12(15)16)13(10,2)3/h4-6,10-11H,1-3H3,(H,15,16). The zero-order valence-electron chi connectivity index (χ0n) is 9.62. The Morgan fingerprint density at radius 2 is 2.06 bits per heavy atom. The van der Waals surface area contributed by atoms with E-state index in [0.29, 0.717) is 0 Å². The highest BCUT2D eigenvalue weighted by Gasteiger charge is 2.63. The summed E-state index contributed by atoms with van der Waals surface area (Å²) in [5.41, 5.74) is 2.16. The van der Waals surface area contributed by atoms with E-state index in [1.165, 1.54) is 5.56 Å². The Labute approximate surface area is 104 Å². The Balaban J connectivity index is 2.37. The normalized spacial score (nSPS) is 26.5. The molecule has 0 aromatic heterocycles. The summed E-state index contributed by atoms with van der Waals surface area (Å²) in [6.07, 6.45) is 0. The summed E-state index contributed by atoms with van der Waals surface area (Å²) in [6.45, 7) is 6.06. The van der Waals surface area contributed by atoms with Crippen LogP contribution >= 0.6 is 15.9 Å². The summed E-state index contributed by atoms with van der Waals surface area (Å²) in [7, 11) is 0. The molecule has 1 fully saturated rings. The van der Waals surface area contributed by atoms with Crippen LogP contribution in [0.25, 0.3) is 0 Å². The van der Waals surface area contributed by atoms with E-state index in [1.54, 1.807) is 0 Å². The molecule has 0 saturated heterocycles. The minimum atomic E-state index is -0.692. The predicted molar refractivity (Wildman–Crippen MR) is 66.5 cm³/mol. The molecule has 0 radical (unpaired) electrons. The SMILES string of the molecule is Cc1ccc(C2C(C(=O)O)C2(C)C)c(Br)c1. The van der Waals surface area contributed by atoms with E-state index in [9.17, 15) is 4.79 Å². The molecule has 1 aromatic rings. The van der Waals surface area contributed by atoms with E-state index in [-0.39, 0.29) is 17.3 Å². The minimum absolute atomic E-state index is 0.125. The molecule has 1 N–H and O–H groups in total. The molecule has 2 nitrogen and oxygen atoms in total. The van der Waals surface area contributed by atoms with Gasteiger partial charge in [0.05, 0.1) is 5.92 Å². The van der Waals surface area contributed by atoms with Crippen LogP contribution in [0, 0.1) is 18.3 Å². The quantitative estimate of drug-likeness (QED) is 0.900. The van der Waals surface area contributed by atoms with Crippen molar-refractivity contribution < 1.29 is 9.90 Å². The molecule has 0 aliphatic heterocycles. The van der Waals surface area contributed by atoms with Crippen molar-refractivity contribution in [1.82, 2.24) is 0 Å². The lowest BCUT2D eigenvalue weighted by Crippen LogP contribution is -2.03. The zero-order valence-corrected chi connectivity index (χ0v) is 11.2. The van der Waals surface area contributed by atoms with Crippen LogP contribution < -0.4 is 0 Å². The van der Waals surface area contributed by atoms with Crippen molar-refractivity contribution in [2.75, 3.05) is 0 Å². The lowest BCUT2D eigenvalue weighted by atomic mass is 10.0. The number of carboxylic acids is 1. The highest BCUT2D eigenvalue weighted by atomic mass is 79.9. The zero-order chi connectivity index (χ0) is 12.1. The van der Waals surface area contributed by atoms with Gasteiger partial charge in [-0.05, 0) is 29.5 Å². The maximum absolute atomic E-state index is 11.1. The summed E-state index contributed by atoms with van der Waals surface area (Å²) in [5.74, 6) is -0.825. The Bertz CT molecular complexity index is 451. The van der Waals surface area contributed by atoms with E-state index < -0.39 is 5.97 Å². The van der Waals surface area contributed by atoms with Crippen LogP contribution in [0.4, 0.5) is 0 Å². The van der Waals surface area contributed by atoms with Crippen LogP contribution in [0.1, 0.15) is 30.9 Å². The molecule has 16 heavy (non-hydrogen) atoms. The van der Waals surface area contributed by atoms with E-state index in [2.05, 4.69) is 15.9 Å². The van der Waals surface area contributed by atoms with Gasteiger partial charge in [0.2, 0.25) is 0 Å². The number of hydrogen-bond acceptors (Lipinski definition) is 1. The third kappa shape index (κ3) is 1.67. The molecule has 1 aliphatic rings. The summed E-state index contributed by atoms with van der Waals surface area (Å²) < 4.78 is 1.02. The van der Waals surface area contributed by atoms with Crippen molar-refractivity contribution in [2.24, 2.45) is 11.3 Å². The number of rotatable bonds is 2. The Hall–Kier alpha value is -0.830. The van der Waals surface area contributed by atoms with Crippen molar-refractivity contribution in [3.63, 3.8) is 0 Å². The molecule has 2 atom stereocenters. The van der Waals surface area contributed by atoms with E-state index in [4.69, 9.17) is 5.11 Å². The van der Waals surface area contributed by atoms with Crippen LogP contribution in [0.5, 0.6) is 0 Å². The highest BCUT2D eigenvalue weighted by molar-refractivity contribution is 9.10. The van der Waals surface area contributed by atoms with Crippen LogP contribution in [0.3, 0.4) is 0 Å². The lowest BCUT2D eigenvalue weighted by Gasteiger charge is -2.06. The number of halogens is 1. The first-order valence-corrected chi connectivity index (χ1v) is 6.14. The average Bonchev–Trinajstić information content (AvgIpc) is 2.69. The molecule has 0 amide bonds. The van der Waals surface area contributed by atoms with Gasteiger partial charge >= 0.3 is 5.97 Å². The first kappa shape index (κ1) is 11.6.